The molecule has 0 aliphatic heterocycles. The predicted molar refractivity (Wildman–Crippen MR) is 50.0 cm³/mol. The molecule has 13 heavy (non-hydrogen) atoms. The zero-order valence-electron chi connectivity index (χ0n) is 8.14. The lowest BCUT2D eigenvalue weighted by molar-refractivity contribution is 0.372. The molecule has 1 unspecified atom stereocenters. The van der Waals surface area contributed by atoms with Crippen molar-refractivity contribution in [2.45, 2.75) is 32.9 Å². The van der Waals surface area contributed by atoms with Gasteiger partial charge in [-0.25, -0.2) is 8.78 Å². The average molecular weight is 184 g/mol. The van der Waals surface area contributed by atoms with Crippen LogP contribution in [0.25, 0.3) is 0 Å². The summed E-state index contributed by atoms with van der Waals surface area (Å²) in [6.07, 6.45) is -1.10. The first-order valence-corrected chi connectivity index (χ1v) is 4.45. The van der Waals surface area contributed by atoms with Gasteiger partial charge in [0.15, 0.2) is 0 Å². The number of alkyl halides is 1. The Kier molecular flexibility index (Phi) is 3.02. The SMILES string of the molecule is CC(C)c1ccc(C(C)F)cc1F. The van der Waals surface area contributed by atoms with Crippen molar-refractivity contribution in [3.8, 4) is 0 Å². The minimum absolute atomic E-state index is 0.143. The van der Waals surface area contributed by atoms with Gasteiger partial charge in [0.1, 0.15) is 12.0 Å². The van der Waals surface area contributed by atoms with Gasteiger partial charge in [-0.05, 0) is 30.0 Å². The molecule has 0 saturated heterocycles. The lowest BCUT2D eigenvalue weighted by Gasteiger charge is -2.09. The third-order valence-electron chi connectivity index (χ3n) is 2.11. The number of halogens is 2. The summed E-state index contributed by atoms with van der Waals surface area (Å²) in [5, 5.41) is 0. The first kappa shape index (κ1) is 10.2. The quantitative estimate of drug-likeness (QED) is 0.652. The second-order valence-corrected chi connectivity index (χ2v) is 3.55. The van der Waals surface area contributed by atoms with Crippen molar-refractivity contribution in [1.29, 1.82) is 0 Å². The summed E-state index contributed by atoms with van der Waals surface area (Å²) in [6, 6.07) is 4.58. The number of benzene rings is 1. The Hall–Kier alpha value is -0.920. The van der Waals surface area contributed by atoms with E-state index in [1.54, 1.807) is 12.1 Å². The molecule has 0 amide bonds. The van der Waals surface area contributed by atoms with Crippen LogP contribution in [-0.4, -0.2) is 0 Å². The molecule has 0 heterocycles. The Morgan fingerprint density at radius 3 is 2.15 bits per heavy atom. The molecule has 0 saturated carbocycles. The lowest BCUT2D eigenvalue weighted by Crippen LogP contribution is -1.95. The summed E-state index contributed by atoms with van der Waals surface area (Å²) in [7, 11) is 0. The second kappa shape index (κ2) is 3.86. The van der Waals surface area contributed by atoms with Crippen LogP contribution in [0, 0.1) is 5.82 Å². The van der Waals surface area contributed by atoms with Crippen LogP contribution in [0.1, 0.15) is 44.0 Å². The van der Waals surface area contributed by atoms with Gasteiger partial charge in [-0.1, -0.05) is 26.0 Å². The van der Waals surface area contributed by atoms with Crippen molar-refractivity contribution >= 4 is 0 Å². The third-order valence-corrected chi connectivity index (χ3v) is 2.11. The monoisotopic (exact) mass is 184 g/mol. The fourth-order valence-corrected chi connectivity index (χ4v) is 1.26. The summed E-state index contributed by atoms with van der Waals surface area (Å²) in [4.78, 5) is 0. The van der Waals surface area contributed by atoms with Gasteiger partial charge in [0, 0.05) is 0 Å². The lowest BCUT2D eigenvalue weighted by atomic mass is 10.00. The molecule has 0 fully saturated rings. The number of rotatable bonds is 2. The maximum Gasteiger partial charge on any atom is 0.127 e. The number of hydrogen-bond acceptors (Lipinski definition) is 0. The molecule has 1 atom stereocenters. The second-order valence-electron chi connectivity index (χ2n) is 3.55. The molecule has 0 N–H and O–H groups in total. The van der Waals surface area contributed by atoms with E-state index < -0.39 is 6.17 Å². The Bertz CT molecular complexity index is 290. The van der Waals surface area contributed by atoms with E-state index in [0.29, 0.717) is 11.1 Å². The van der Waals surface area contributed by atoms with Crippen molar-refractivity contribution in [3.63, 3.8) is 0 Å². The molecule has 0 aliphatic rings. The molecule has 1 rings (SSSR count). The van der Waals surface area contributed by atoms with Gasteiger partial charge in [0.25, 0.3) is 0 Å². The minimum Gasteiger partial charge on any atom is -0.243 e. The van der Waals surface area contributed by atoms with Gasteiger partial charge in [0.2, 0.25) is 0 Å². The Morgan fingerprint density at radius 1 is 1.15 bits per heavy atom. The van der Waals surface area contributed by atoms with E-state index in [1.165, 1.54) is 13.0 Å². The highest BCUT2D eigenvalue weighted by atomic mass is 19.1. The standard InChI is InChI=1S/C11H14F2/c1-7(2)10-5-4-9(8(3)12)6-11(10)13/h4-8H,1-3H3. The van der Waals surface area contributed by atoms with E-state index >= 15 is 0 Å². The van der Waals surface area contributed by atoms with Crippen LogP contribution in [0.5, 0.6) is 0 Å². The summed E-state index contributed by atoms with van der Waals surface area (Å²) in [6.45, 7) is 5.23. The first-order chi connectivity index (χ1) is 6.02. The van der Waals surface area contributed by atoms with E-state index in [9.17, 15) is 8.78 Å². The highest BCUT2D eigenvalue weighted by Crippen LogP contribution is 2.23. The van der Waals surface area contributed by atoms with Gasteiger partial charge in [-0.15, -0.1) is 0 Å². The molecule has 1 aromatic rings. The molecule has 0 radical (unpaired) electrons. The zero-order valence-corrected chi connectivity index (χ0v) is 8.14. The molecular formula is C11H14F2. The summed E-state index contributed by atoms with van der Waals surface area (Å²) < 4.78 is 26.1. The van der Waals surface area contributed by atoms with Crippen LogP contribution in [0.2, 0.25) is 0 Å². The fraction of sp³-hybridized carbons (Fsp3) is 0.455. The van der Waals surface area contributed by atoms with E-state index in [-0.39, 0.29) is 11.7 Å². The molecule has 0 bridgehead atoms. The Morgan fingerprint density at radius 2 is 1.77 bits per heavy atom. The Balaban J connectivity index is 3.06. The summed E-state index contributed by atoms with van der Waals surface area (Å²) in [5.41, 5.74) is 1.05. The fourth-order valence-electron chi connectivity index (χ4n) is 1.26. The largest absolute Gasteiger partial charge is 0.243 e. The van der Waals surface area contributed by atoms with Crippen LogP contribution < -0.4 is 0 Å². The third kappa shape index (κ3) is 2.27. The molecule has 1 aromatic carbocycles. The molecule has 0 spiro atoms. The highest BCUT2D eigenvalue weighted by molar-refractivity contribution is 5.27. The van der Waals surface area contributed by atoms with Gasteiger partial charge in [-0.3, -0.25) is 0 Å². The molecular weight excluding hydrogens is 170 g/mol. The normalized spacial score (nSPS) is 13.4. The van der Waals surface area contributed by atoms with E-state index in [0.717, 1.165) is 0 Å². The highest BCUT2D eigenvalue weighted by Gasteiger charge is 2.09. The van der Waals surface area contributed by atoms with Crippen LogP contribution in [0.4, 0.5) is 8.78 Å². The predicted octanol–water partition coefficient (Wildman–Crippen LogP) is 3.98. The van der Waals surface area contributed by atoms with Gasteiger partial charge < -0.3 is 0 Å². The minimum atomic E-state index is -1.10. The van der Waals surface area contributed by atoms with Gasteiger partial charge in [0.05, 0.1) is 0 Å². The Labute approximate surface area is 77.6 Å². The van der Waals surface area contributed by atoms with Crippen LogP contribution >= 0.6 is 0 Å². The van der Waals surface area contributed by atoms with Crippen molar-refractivity contribution < 1.29 is 8.78 Å². The van der Waals surface area contributed by atoms with Crippen molar-refractivity contribution in [2.24, 2.45) is 0 Å². The van der Waals surface area contributed by atoms with E-state index in [2.05, 4.69) is 0 Å². The maximum absolute atomic E-state index is 13.3. The summed E-state index contributed by atoms with van der Waals surface area (Å²) in [5.74, 6) is -0.166. The number of hydrogen-bond donors (Lipinski definition) is 0. The van der Waals surface area contributed by atoms with Gasteiger partial charge in [-0.2, -0.15) is 0 Å². The van der Waals surface area contributed by atoms with E-state index in [1.807, 2.05) is 13.8 Å². The van der Waals surface area contributed by atoms with Crippen molar-refractivity contribution in [2.75, 3.05) is 0 Å². The van der Waals surface area contributed by atoms with Crippen LogP contribution in [-0.2, 0) is 0 Å². The topological polar surface area (TPSA) is 0 Å². The van der Waals surface area contributed by atoms with Gasteiger partial charge >= 0.3 is 0 Å². The van der Waals surface area contributed by atoms with Crippen molar-refractivity contribution in [1.82, 2.24) is 0 Å². The molecule has 0 aliphatic carbocycles. The molecule has 0 aromatic heterocycles. The van der Waals surface area contributed by atoms with Crippen LogP contribution in [0.15, 0.2) is 18.2 Å². The molecule has 0 nitrogen and oxygen atoms in total. The average Bonchev–Trinajstić information content (AvgIpc) is 2.03. The molecule has 72 valence electrons. The zero-order chi connectivity index (χ0) is 10.0. The smallest absolute Gasteiger partial charge is 0.127 e. The van der Waals surface area contributed by atoms with Crippen LogP contribution in [0.3, 0.4) is 0 Å². The summed E-state index contributed by atoms with van der Waals surface area (Å²) >= 11 is 0. The molecule has 2 heteroatoms. The van der Waals surface area contributed by atoms with Crippen molar-refractivity contribution in [3.05, 3.63) is 35.1 Å². The first-order valence-electron chi connectivity index (χ1n) is 4.45. The van der Waals surface area contributed by atoms with E-state index in [4.69, 9.17) is 0 Å². The maximum atomic E-state index is 13.3.